The summed E-state index contributed by atoms with van der Waals surface area (Å²) in [5.41, 5.74) is 3.98. The number of hydrogen-bond acceptors (Lipinski definition) is 2. The minimum Gasteiger partial charge on any atom is -0.376 e. The van der Waals surface area contributed by atoms with Gasteiger partial charge in [0.15, 0.2) is 0 Å². The lowest BCUT2D eigenvalue weighted by Crippen LogP contribution is -2.39. The lowest BCUT2D eigenvalue weighted by atomic mass is 9.90. The topological polar surface area (TPSA) is 41.1 Å². The van der Waals surface area contributed by atoms with Gasteiger partial charge in [0.2, 0.25) is 5.91 Å². The van der Waals surface area contributed by atoms with Gasteiger partial charge >= 0.3 is 0 Å². The Kier molecular flexibility index (Phi) is 5.05. The number of benzene rings is 1. The van der Waals surface area contributed by atoms with E-state index in [0.717, 1.165) is 12.1 Å². The number of carbonyl (C=O) groups excluding carboxylic acids is 1. The summed E-state index contributed by atoms with van der Waals surface area (Å²) in [4.78, 5) is 11.9. The molecule has 0 heterocycles. The van der Waals surface area contributed by atoms with E-state index in [0.29, 0.717) is 12.5 Å². The summed E-state index contributed by atoms with van der Waals surface area (Å²) in [5.74, 6) is 0.531. The van der Waals surface area contributed by atoms with E-state index in [2.05, 4.69) is 42.7 Å². The zero-order valence-corrected chi connectivity index (χ0v) is 12.8. The lowest BCUT2D eigenvalue weighted by Gasteiger charge is -2.21. The highest BCUT2D eigenvalue weighted by Crippen LogP contribution is 2.27. The summed E-state index contributed by atoms with van der Waals surface area (Å²) < 4.78 is 0. The molecule has 1 atom stereocenters. The number of nitrogens with one attached hydrogen (secondary N) is 2. The van der Waals surface area contributed by atoms with Crippen molar-refractivity contribution in [1.82, 2.24) is 5.32 Å². The molecule has 2 N–H and O–H groups in total. The third-order valence-corrected chi connectivity index (χ3v) is 4.22. The second-order valence-electron chi connectivity index (χ2n) is 6.10. The van der Waals surface area contributed by atoms with Crippen molar-refractivity contribution in [2.75, 3.05) is 11.9 Å². The van der Waals surface area contributed by atoms with E-state index in [1.165, 1.54) is 30.4 Å². The predicted octanol–water partition coefficient (Wildman–Crippen LogP) is 3.14. The van der Waals surface area contributed by atoms with Crippen LogP contribution in [0.3, 0.4) is 0 Å². The fraction of sp³-hybridized carbons (Fsp3) is 0.588. The summed E-state index contributed by atoms with van der Waals surface area (Å²) in [6, 6.07) is 6.60. The largest absolute Gasteiger partial charge is 0.376 e. The zero-order valence-electron chi connectivity index (χ0n) is 12.8. The first-order valence-electron chi connectivity index (χ1n) is 7.72. The number of rotatable bonds is 5. The van der Waals surface area contributed by atoms with Gasteiger partial charge in [-0.1, -0.05) is 26.0 Å². The molecule has 0 fully saturated rings. The van der Waals surface area contributed by atoms with Gasteiger partial charge in [-0.25, -0.2) is 0 Å². The van der Waals surface area contributed by atoms with Gasteiger partial charge in [0.05, 0.1) is 6.54 Å². The van der Waals surface area contributed by atoms with Gasteiger partial charge in [-0.2, -0.15) is 0 Å². The van der Waals surface area contributed by atoms with Crippen LogP contribution in [-0.2, 0) is 17.6 Å². The summed E-state index contributed by atoms with van der Waals surface area (Å²) in [6.07, 6.45) is 4.83. The monoisotopic (exact) mass is 274 g/mol. The van der Waals surface area contributed by atoms with Crippen molar-refractivity contribution in [2.45, 2.75) is 52.5 Å². The number of anilines is 1. The second-order valence-corrected chi connectivity index (χ2v) is 6.10. The van der Waals surface area contributed by atoms with E-state index >= 15 is 0 Å². The Morgan fingerprint density at radius 3 is 2.70 bits per heavy atom. The number of carbonyl (C=O) groups is 1. The maximum absolute atomic E-state index is 11.9. The first kappa shape index (κ1) is 14.9. The normalized spacial score (nSPS) is 15.6. The average molecular weight is 274 g/mol. The summed E-state index contributed by atoms with van der Waals surface area (Å²) in [6.45, 7) is 6.64. The molecule has 0 saturated heterocycles. The Bertz CT molecular complexity index is 468. The van der Waals surface area contributed by atoms with Crippen molar-refractivity contribution in [2.24, 2.45) is 5.92 Å². The highest BCUT2D eigenvalue weighted by molar-refractivity contribution is 5.81. The fourth-order valence-electron chi connectivity index (χ4n) is 2.59. The van der Waals surface area contributed by atoms with Crippen molar-refractivity contribution in [1.29, 1.82) is 0 Å². The maximum Gasteiger partial charge on any atom is 0.239 e. The van der Waals surface area contributed by atoms with Crippen LogP contribution < -0.4 is 10.6 Å². The first-order chi connectivity index (χ1) is 9.58. The van der Waals surface area contributed by atoms with Gasteiger partial charge in [-0.15, -0.1) is 0 Å². The molecule has 1 aliphatic rings. The first-order valence-corrected chi connectivity index (χ1v) is 7.72. The van der Waals surface area contributed by atoms with Gasteiger partial charge in [0, 0.05) is 11.7 Å². The molecule has 110 valence electrons. The van der Waals surface area contributed by atoms with Crippen molar-refractivity contribution >= 4 is 11.6 Å². The van der Waals surface area contributed by atoms with Gasteiger partial charge in [0.1, 0.15) is 0 Å². The van der Waals surface area contributed by atoms with E-state index in [1.54, 1.807) is 0 Å². The van der Waals surface area contributed by atoms with Crippen LogP contribution in [0.5, 0.6) is 0 Å². The van der Waals surface area contributed by atoms with Crippen molar-refractivity contribution in [3.8, 4) is 0 Å². The molecule has 0 saturated carbocycles. The van der Waals surface area contributed by atoms with E-state index in [4.69, 9.17) is 0 Å². The van der Waals surface area contributed by atoms with Crippen LogP contribution >= 0.6 is 0 Å². The van der Waals surface area contributed by atoms with Crippen LogP contribution in [0.25, 0.3) is 0 Å². The molecule has 20 heavy (non-hydrogen) atoms. The van der Waals surface area contributed by atoms with Crippen LogP contribution in [0, 0.1) is 5.92 Å². The Labute approximate surface area is 122 Å². The third-order valence-electron chi connectivity index (χ3n) is 4.22. The van der Waals surface area contributed by atoms with Crippen LogP contribution in [0.15, 0.2) is 18.2 Å². The van der Waals surface area contributed by atoms with Gasteiger partial charge < -0.3 is 10.6 Å². The molecular formula is C17H26N2O. The van der Waals surface area contributed by atoms with Crippen LogP contribution in [-0.4, -0.2) is 18.5 Å². The number of aryl methyl sites for hydroxylation is 1. The van der Waals surface area contributed by atoms with Gasteiger partial charge in [-0.05, 0) is 55.7 Å². The quantitative estimate of drug-likeness (QED) is 0.866. The Balaban J connectivity index is 1.93. The number of amides is 1. The van der Waals surface area contributed by atoms with Crippen LogP contribution in [0.1, 0.15) is 44.7 Å². The van der Waals surface area contributed by atoms with Gasteiger partial charge in [-0.3, -0.25) is 4.79 Å². The smallest absolute Gasteiger partial charge is 0.239 e. The minimum atomic E-state index is 0.0691. The lowest BCUT2D eigenvalue weighted by molar-refractivity contribution is -0.120. The highest BCUT2D eigenvalue weighted by atomic mass is 16.1. The summed E-state index contributed by atoms with van der Waals surface area (Å²) in [7, 11) is 0. The zero-order chi connectivity index (χ0) is 14.5. The molecule has 2 rings (SSSR count). The predicted molar refractivity (Wildman–Crippen MR) is 84.0 cm³/mol. The molecule has 1 amide bonds. The SMILES string of the molecule is CC(C)C(C)NC(=O)CNc1cccc2c1CCCC2. The van der Waals surface area contributed by atoms with Crippen molar-refractivity contribution < 1.29 is 4.79 Å². The summed E-state index contributed by atoms with van der Waals surface area (Å²) in [5, 5.41) is 6.33. The molecule has 0 aliphatic heterocycles. The van der Waals surface area contributed by atoms with Crippen molar-refractivity contribution in [3.05, 3.63) is 29.3 Å². The summed E-state index contributed by atoms with van der Waals surface area (Å²) >= 11 is 0. The molecule has 0 radical (unpaired) electrons. The number of fused-ring (bicyclic) bond motifs is 1. The average Bonchev–Trinajstić information content (AvgIpc) is 2.44. The highest BCUT2D eigenvalue weighted by Gasteiger charge is 2.14. The standard InChI is InChI=1S/C17H26N2O/c1-12(2)13(3)19-17(20)11-18-16-10-6-8-14-7-4-5-9-15(14)16/h6,8,10,12-13,18H,4-5,7,9,11H2,1-3H3,(H,19,20). The fourth-order valence-corrected chi connectivity index (χ4v) is 2.59. The molecule has 3 nitrogen and oxygen atoms in total. The van der Waals surface area contributed by atoms with Crippen LogP contribution in [0.4, 0.5) is 5.69 Å². The molecule has 1 aromatic rings. The van der Waals surface area contributed by atoms with E-state index in [-0.39, 0.29) is 11.9 Å². The molecule has 1 aromatic carbocycles. The van der Waals surface area contributed by atoms with Crippen LogP contribution in [0.2, 0.25) is 0 Å². The van der Waals surface area contributed by atoms with Gasteiger partial charge in [0.25, 0.3) is 0 Å². The van der Waals surface area contributed by atoms with Crippen molar-refractivity contribution in [3.63, 3.8) is 0 Å². The molecule has 0 spiro atoms. The molecule has 1 unspecified atom stereocenters. The van der Waals surface area contributed by atoms with E-state index in [9.17, 15) is 4.79 Å². The number of hydrogen-bond donors (Lipinski definition) is 2. The molecular weight excluding hydrogens is 248 g/mol. The second kappa shape index (κ2) is 6.78. The molecule has 0 bridgehead atoms. The molecule has 0 aromatic heterocycles. The third kappa shape index (κ3) is 3.75. The Morgan fingerprint density at radius 2 is 1.95 bits per heavy atom. The Morgan fingerprint density at radius 1 is 1.20 bits per heavy atom. The maximum atomic E-state index is 11.9. The van der Waals surface area contributed by atoms with E-state index in [1.807, 2.05) is 6.92 Å². The Hall–Kier alpha value is -1.51. The van der Waals surface area contributed by atoms with E-state index < -0.39 is 0 Å². The molecule has 3 heteroatoms. The minimum absolute atomic E-state index is 0.0691. The molecule has 1 aliphatic carbocycles.